The summed E-state index contributed by atoms with van der Waals surface area (Å²) in [6.45, 7) is 11.1. The van der Waals surface area contributed by atoms with E-state index in [9.17, 15) is 0 Å². The van der Waals surface area contributed by atoms with Crippen LogP contribution in [0.2, 0.25) is 0 Å². The highest BCUT2D eigenvalue weighted by atomic mass is 32.2. The molecule has 1 N–H and O–H groups in total. The first-order valence-corrected chi connectivity index (χ1v) is 10.5. The van der Waals surface area contributed by atoms with E-state index in [1.165, 1.54) is 27.1 Å². The molecule has 1 aliphatic rings. The minimum Gasteiger partial charge on any atom is -0.312 e. The number of aryl methyl sites for hydroxylation is 1. The fraction of sp³-hybridized carbons (Fsp3) is 0.800. The maximum atomic E-state index is 4.94. The summed E-state index contributed by atoms with van der Waals surface area (Å²) in [7, 11) is 0. The van der Waals surface area contributed by atoms with E-state index in [0.717, 1.165) is 19.5 Å². The van der Waals surface area contributed by atoms with E-state index in [1.807, 2.05) is 11.3 Å². The summed E-state index contributed by atoms with van der Waals surface area (Å²) in [4.78, 5) is 6.40. The van der Waals surface area contributed by atoms with Crippen molar-refractivity contribution in [2.75, 3.05) is 18.1 Å². The molecule has 0 saturated carbocycles. The van der Waals surface area contributed by atoms with Crippen molar-refractivity contribution >= 4 is 34.9 Å². The summed E-state index contributed by atoms with van der Waals surface area (Å²) in [5, 5.41) is 6.21. The molecule has 1 aromatic rings. The molecule has 20 heavy (non-hydrogen) atoms. The standard InChI is InChI=1S/C15H26N2S3/c1-5-12-13(9-16-8-10(2)3)20-15(17-12)14-11(4)18-6-7-19-14/h10-11,14,16H,5-9H2,1-4H3. The molecular formula is C15H26N2S3. The summed E-state index contributed by atoms with van der Waals surface area (Å²) in [6.07, 6.45) is 1.05. The van der Waals surface area contributed by atoms with Gasteiger partial charge in [-0.1, -0.05) is 27.7 Å². The van der Waals surface area contributed by atoms with Crippen LogP contribution in [-0.4, -0.2) is 28.3 Å². The lowest BCUT2D eigenvalue weighted by Gasteiger charge is -2.25. The van der Waals surface area contributed by atoms with Crippen LogP contribution in [0, 0.1) is 5.92 Å². The quantitative estimate of drug-likeness (QED) is 0.837. The zero-order valence-corrected chi connectivity index (χ0v) is 15.4. The average Bonchev–Trinajstić information content (AvgIpc) is 2.82. The summed E-state index contributed by atoms with van der Waals surface area (Å²) in [6, 6.07) is 0. The number of hydrogen-bond donors (Lipinski definition) is 1. The SMILES string of the molecule is CCc1nc(C2SCCSC2C)sc1CNCC(C)C. The van der Waals surface area contributed by atoms with Gasteiger partial charge in [-0.2, -0.15) is 11.8 Å². The molecule has 5 heteroatoms. The fourth-order valence-electron chi connectivity index (χ4n) is 2.32. The molecule has 0 bridgehead atoms. The van der Waals surface area contributed by atoms with Crippen LogP contribution in [0.5, 0.6) is 0 Å². The third-order valence-electron chi connectivity index (χ3n) is 3.40. The highest BCUT2D eigenvalue weighted by molar-refractivity contribution is 8.06. The van der Waals surface area contributed by atoms with Gasteiger partial charge in [0, 0.05) is 28.2 Å². The number of hydrogen-bond acceptors (Lipinski definition) is 5. The largest absolute Gasteiger partial charge is 0.312 e. The molecule has 2 heterocycles. The van der Waals surface area contributed by atoms with Crippen LogP contribution in [-0.2, 0) is 13.0 Å². The van der Waals surface area contributed by atoms with Gasteiger partial charge >= 0.3 is 0 Å². The summed E-state index contributed by atoms with van der Waals surface area (Å²) in [5.74, 6) is 3.26. The predicted molar refractivity (Wildman–Crippen MR) is 95.2 cm³/mol. The lowest BCUT2D eigenvalue weighted by molar-refractivity contribution is 0.553. The Labute approximate surface area is 135 Å². The maximum absolute atomic E-state index is 4.94. The fourth-order valence-corrected chi connectivity index (χ4v) is 6.60. The van der Waals surface area contributed by atoms with Gasteiger partial charge in [-0.05, 0) is 18.9 Å². The van der Waals surface area contributed by atoms with Gasteiger partial charge in [0.1, 0.15) is 5.01 Å². The van der Waals surface area contributed by atoms with Crippen molar-refractivity contribution in [2.45, 2.75) is 51.2 Å². The van der Waals surface area contributed by atoms with Crippen LogP contribution in [0.3, 0.4) is 0 Å². The Hall–Kier alpha value is 0.290. The monoisotopic (exact) mass is 330 g/mol. The Kier molecular flexibility index (Phi) is 6.72. The van der Waals surface area contributed by atoms with Crippen molar-refractivity contribution in [2.24, 2.45) is 5.92 Å². The molecule has 0 aliphatic carbocycles. The van der Waals surface area contributed by atoms with E-state index in [2.05, 4.69) is 56.5 Å². The molecule has 2 atom stereocenters. The lowest BCUT2D eigenvalue weighted by atomic mass is 10.2. The van der Waals surface area contributed by atoms with Crippen LogP contribution in [0.15, 0.2) is 0 Å². The predicted octanol–water partition coefficient (Wildman–Crippen LogP) is 4.36. The van der Waals surface area contributed by atoms with Crippen LogP contribution in [0.1, 0.15) is 48.5 Å². The van der Waals surface area contributed by atoms with E-state index in [4.69, 9.17) is 4.98 Å². The molecule has 1 fully saturated rings. The van der Waals surface area contributed by atoms with Gasteiger partial charge in [0.2, 0.25) is 0 Å². The molecule has 114 valence electrons. The molecule has 0 amide bonds. The van der Waals surface area contributed by atoms with Gasteiger partial charge in [0.25, 0.3) is 0 Å². The van der Waals surface area contributed by atoms with Gasteiger partial charge in [-0.3, -0.25) is 0 Å². The van der Waals surface area contributed by atoms with Crippen LogP contribution < -0.4 is 5.32 Å². The van der Waals surface area contributed by atoms with Gasteiger partial charge in [-0.15, -0.1) is 23.1 Å². The number of nitrogens with one attached hydrogen (secondary N) is 1. The molecule has 1 aromatic heterocycles. The number of thioether (sulfide) groups is 2. The first-order valence-electron chi connectivity index (χ1n) is 7.54. The second-order valence-corrected chi connectivity index (χ2v) is 9.52. The second-order valence-electron chi connectivity index (χ2n) is 5.67. The van der Waals surface area contributed by atoms with Crippen LogP contribution >= 0.6 is 34.9 Å². The van der Waals surface area contributed by atoms with Crippen molar-refractivity contribution in [3.8, 4) is 0 Å². The molecule has 2 unspecified atom stereocenters. The van der Waals surface area contributed by atoms with Crippen molar-refractivity contribution < 1.29 is 0 Å². The van der Waals surface area contributed by atoms with E-state index in [-0.39, 0.29) is 0 Å². The van der Waals surface area contributed by atoms with Gasteiger partial charge in [0.15, 0.2) is 0 Å². The second kappa shape index (κ2) is 8.06. The smallest absolute Gasteiger partial charge is 0.107 e. The van der Waals surface area contributed by atoms with Crippen molar-refractivity contribution in [1.82, 2.24) is 10.3 Å². The molecule has 2 nitrogen and oxygen atoms in total. The van der Waals surface area contributed by atoms with E-state index in [1.54, 1.807) is 0 Å². The Balaban J connectivity index is 2.05. The number of rotatable bonds is 6. The maximum Gasteiger partial charge on any atom is 0.107 e. The van der Waals surface area contributed by atoms with Gasteiger partial charge in [0.05, 0.1) is 10.9 Å². The summed E-state index contributed by atoms with van der Waals surface area (Å²) < 4.78 is 0. The number of aromatic nitrogens is 1. The number of nitrogens with zero attached hydrogens (tertiary/aromatic N) is 1. The first kappa shape index (κ1) is 16.7. The Morgan fingerprint density at radius 1 is 1.30 bits per heavy atom. The molecule has 2 rings (SSSR count). The Bertz CT molecular complexity index is 417. The van der Waals surface area contributed by atoms with Crippen molar-refractivity contribution in [3.63, 3.8) is 0 Å². The average molecular weight is 331 g/mol. The lowest BCUT2D eigenvalue weighted by Crippen LogP contribution is -2.18. The van der Waals surface area contributed by atoms with E-state index in [0.29, 0.717) is 16.4 Å². The van der Waals surface area contributed by atoms with Crippen molar-refractivity contribution in [1.29, 1.82) is 0 Å². The van der Waals surface area contributed by atoms with Crippen LogP contribution in [0.25, 0.3) is 0 Å². The van der Waals surface area contributed by atoms with E-state index >= 15 is 0 Å². The highest BCUT2D eigenvalue weighted by Gasteiger charge is 2.27. The van der Waals surface area contributed by atoms with Gasteiger partial charge < -0.3 is 5.32 Å². The molecule has 1 aliphatic heterocycles. The topological polar surface area (TPSA) is 24.9 Å². The summed E-state index contributed by atoms with van der Waals surface area (Å²) >= 11 is 6.13. The zero-order valence-electron chi connectivity index (χ0n) is 12.9. The minimum atomic E-state index is 0.600. The Morgan fingerprint density at radius 2 is 2.05 bits per heavy atom. The normalized spacial score (nSPS) is 23.4. The third kappa shape index (κ3) is 4.39. The highest BCUT2D eigenvalue weighted by Crippen LogP contribution is 2.44. The molecular weight excluding hydrogens is 304 g/mol. The molecule has 0 radical (unpaired) electrons. The molecule has 0 spiro atoms. The third-order valence-corrected chi connectivity index (χ3v) is 7.83. The van der Waals surface area contributed by atoms with Crippen molar-refractivity contribution in [3.05, 3.63) is 15.6 Å². The Morgan fingerprint density at radius 3 is 2.70 bits per heavy atom. The zero-order chi connectivity index (χ0) is 14.5. The molecule has 0 aromatic carbocycles. The van der Waals surface area contributed by atoms with Gasteiger partial charge in [-0.25, -0.2) is 4.98 Å². The van der Waals surface area contributed by atoms with E-state index < -0.39 is 0 Å². The summed E-state index contributed by atoms with van der Waals surface area (Å²) in [5.41, 5.74) is 1.31. The molecule has 1 saturated heterocycles. The first-order chi connectivity index (χ1) is 9.61. The van der Waals surface area contributed by atoms with Crippen LogP contribution in [0.4, 0.5) is 0 Å². The minimum absolute atomic E-state index is 0.600. The number of thiazole rings is 1.